The molecule has 6 fully saturated rings. The van der Waals surface area contributed by atoms with Crippen molar-refractivity contribution in [3.05, 3.63) is 11.6 Å². The van der Waals surface area contributed by atoms with Gasteiger partial charge in [-0.25, -0.2) is 4.79 Å². The van der Waals surface area contributed by atoms with Gasteiger partial charge in [0.05, 0.1) is 25.2 Å². The topological polar surface area (TPSA) is 202 Å². The first-order valence-electron chi connectivity index (χ1n) is 20.6. The second-order valence-corrected chi connectivity index (χ2v) is 20.4. The molecule has 0 radical (unpaired) electrons. The van der Waals surface area contributed by atoms with E-state index in [9.17, 15) is 40.2 Å². The average Bonchev–Trinajstić information content (AvgIpc) is 3.39. The number of esters is 1. The average molecular weight is 779 g/mol. The van der Waals surface area contributed by atoms with Crippen molar-refractivity contribution in [2.75, 3.05) is 13.7 Å². The molecule has 13 heteroatoms. The second-order valence-electron chi connectivity index (χ2n) is 20.4. The van der Waals surface area contributed by atoms with E-state index in [-0.39, 0.29) is 33.5 Å². The minimum atomic E-state index is -1.72. The molecule has 17 atom stereocenters. The number of methoxy groups -OCH3 is 1. The van der Waals surface area contributed by atoms with E-state index in [2.05, 4.69) is 54.5 Å². The number of carboxylic acid groups (broad SMARTS) is 1. The zero-order valence-corrected chi connectivity index (χ0v) is 33.9. The molecule has 0 bridgehead atoms. The Morgan fingerprint density at radius 1 is 0.800 bits per heavy atom. The third-order valence-electron chi connectivity index (χ3n) is 17.1. The van der Waals surface area contributed by atoms with E-state index in [1.54, 1.807) is 0 Å². The van der Waals surface area contributed by atoms with Crippen LogP contribution in [-0.2, 0) is 33.3 Å². The highest BCUT2D eigenvalue weighted by atomic mass is 16.7. The summed E-state index contributed by atoms with van der Waals surface area (Å²) in [6, 6.07) is 0. The predicted molar refractivity (Wildman–Crippen MR) is 197 cm³/mol. The maximum Gasteiger partial charge on any atom is 0.337 e. The monoisotopic (exact) mass is 778 g/mol. The van der Waals surface area contributed by atoms with Crippen LogP contribution in [0.1, 0.15) is 113 Å². The van der Waals surface area contributed by atoms with E-state index in [4.69, 9.17) is 23.7 Å². The van der Waals surface area contributed by atoms with Gasteiger partial charge in [-0.3, -0.25) is 4.79 Å². The summed E-state index contributed by atoms with van der Waals surface area (Å²) in [6.07, 6.45) is -2.93. The van der Waals surface area contributed by atoms with Crippen LogP contribution in [0.25, 0.3) is 0 Å². The Bertz CT molecular complexity index is 1530. The van der Waals surface area contributed by atoms with Gasteiger partial charge in [0.2, 0.25) is 0 Å². The fraction of sp³-hybridized carbons (Fsp3) is 0.905. The number of allylic oxidation sites excluding steroid dienone is 2. The van der Waals surface area contributed by atoms with Gasteiger partial charge < -0.3 is 54.3 Å². The van der Waals surface area contributed by atoms with Crippen LogP contribution in [0.5, 0.6) is 0 Å². The minimum absolute atomic E-state index is 0.0161. The highest BCUT2D eigenvalue weighted by Gasteiger charge is 2.69. The van der Waals surface area contributed by atoms with Gasteiger partial charge in [0.15, 0.2) is 18.7 Å². The molecule has 4 saturated carbocycles. The van der Waals surface area contributed by atoms with E-state index in [0.717, 1.165) is 58.5 Å². The molecule has 0 amide bonds. The van der Waals surface area contributed by atoms with E-state index in [1.165, 1.54) is 5.57 Å². The van der Waals surface area contributed by atoms with Gasteiger partial charge >= 0.3 is 11.9 Å². The molecule has 5 aliphatic carbocycles. The minimum Gasteiger partial charge on any atom is -0.481 e. The molecule has 0 aromatic carbocycles. The first kappa shape index (κ1) is 41.5. The van der Waals surface area contributed by atoms with E-state index >= 15 is 0 Å². The molecule has 6 N–H and O–H groups in total. The third kappa shape index (κ3) is 6.10. The van der Waals surface area contributed by atoms with E-state index < -0.39 is 90.8 Å². The lowest BCUT2D eigenvalue weighted by Gasteiger charge is -2.71. The number of aliphatic hydroxyl groups is 5. The van der Waals surface area contributed by atoms with Crippen LogP contribution < -0.4 is 0 Å². The molecule has 13 nitrogen and oxygen atoms in total. The molecular weight excluding hydrogens is 712 g/mol. The first-order chi connectivity index (χ1) is 25.6. The Morgan fingerprint density at radius 3 is 2.09 bits per heavy atom. The summed E-state index contributed by atoms with van der Waals surface area (Å²) < 4.78 is 28.8. The van der Waals surface area contributed by atoms with Crippen molar-refractivity contribution in [2.24, 2.45) is 50.2 Å². The predicted octanol–water partition coefficient (Wildman–Crippen LogP) is 3.70. The number of ether oxygens (including phenoxy) is 5. The van der Waals surface area contributed by atoms with Crippen LogP contribution >= 0.6 is 0 Å². The molecule has 17 unspecified atom stereocenters. The number of hydrogen-bond acceptors (Lipinski definition) is 12. The number of aliphatic hydroxyl groups excluding tert-OH is 5. The SMILES string of the molecule is COC(=O)C1OC(OC2CCC3(C)C(CCC4(C)C3CC=C3C5CC(C)(C)CCC5(C(=O)O)CCC34C)C2(C)C)C(O)C(O)C1OC1OC(CO)C(O)C1O. The highest BCUT2D eigenvalue weighted by molar-refractivity contribution is 5.77. The summed E-state index contributed by atoms with van der Waals surface area (Å²) in [5.41, 5.74) is 0.254. The summed E-state index contributed by atoms with van der Waals surface area (Å²) in [7, 11) is 1.15. The zero-order chi connectivity index (χ0) is 40.3. The number of aliphatic carboxylic acids is 1. The lowest BCUT2D eigenvalue weighted by Crippen LogP contribution is -2.66. The third-order valence-corrected chi connectivity index (χ3v) is 17.1. The van der Waals surface area contributed by atoms with Crippen molar-refractivity contribution in [3.63, 3.8) is 0 Å². The van der Waals surface area contributed by atoms with Crippen LogP contribution in [0, 0.1) is 50.2 Å². The van der Waals surface area contributed by atoms with E-state index in [1.807, 2.05) is 0 Å². The lowest BCUT2D eigenvalue weighted by molar-refractivity contribution is -0.342. The van der Waals surface area contributed by atoms with Crippen molar-refractivity contribution < 1.29 is 63.9 Å². The van der Waals surface area contributed by atoms with Crippen molar-refractivity contribution in [2.45, 2.75) is 174 Å². The molecule has 7 aliphatic rings. The molecule has 2 saturated heterocycles. The molecule has 0 aromatic rings. The molecule has 55 heavy (non-hydrogen) atoms. The fourth-order valence-corrected chi connectivity index (χ4v) is 13.5. The zero-order valence-electron chi connectivity index (χ0n) is 33.9. The lowest BCUT2D eigenvalue weighted by atomic mass is 9.33. The maximum absolute atomic E-state index is 13.0. The van der Waals surface area contributed by atoms with Gasteiger partial charge in [-0.15, -0.1) is 0 Å². The maximum atomic E-state index is 13.0. The Kier molecular flexibility index (Phi) is 10.5. The standard InChI is InChI=1S/C42H66O13/c1-37(2)15-17-42(36(49)50)18-16-40(6)21(22(42)19-37)9-10-25-39(5)13-12-26(38(3,4)24(39)11-14-41(25,40)7)53-35-30(47)28(45)31(32(55-35)33(48)51-8)54-34-29(46)27(44)23(20-43)52-34/h9,22-32,34-35,43-47H,10-20H2,1-8H3,(H,49,50). The van der Waals surface area contributed by atoms with Gasteiger partial charge in [-0.1, -0.05) is 60.1 Å². The molecule has 2 heterocycles. The quantitative estimate of drug-likeness (QED) is 0.124. The number of carboxylic acids is 1. The smallest absolute Gasteiger partial charge is 0.337 e. The summed E-state index contributed by atoms with van der Waals surface area (Å²) in [4.78, 5) is 26.1. The van der Waals surface area contributed by atoms with Crippen LogP contribution in [0.3, 0.4) is 0 Å². The van der Waals surface area contributed by atoms with Crippen molar-refractivity contribution in [1.29, 1.82) is 0 Å². The Labute approximate surface area is 325 Å². The molecule has 2 aliphatic heterocycles. The Morgan fingerprint density at radius 2 is 1.45 bits per heavy atom. The number of fused-ring (bicyclic) bond motifs is 7. The number of carbonyl (C=O) groups excluding carboxylic acids is 1. The van der Waals surface area contributed by atoms with Gasteiger partial charge in [0.1, 0.15) is 36.6 Å². The number of carbonyl (C=O) groups is 2. The van der Waals surface area contributed by atoms with Crippen LogP contribution in [0.4, 0.5) is 0 Å². The van der Waals surface area contributed by atoms with Crippen molar-refractivity contribution in [3.8, 4) is 0 Å². The molecule has 312 valence electrons. The van der Waals surface area contributed by atoms with Crippen LogP contribution in [0.2, 0.25) is 0 Å². The summed E-state index contributed by atoms with van der Waals surface area (Å²) in [6.45, 7) is 15.8. The summed E-state index contributed by atoms with van der Waals surface area (Å²) in [5, 5.41) is 63.6. The fourth-order valence-electron chi connectivity index (χ4n) is 13.5. The number of rotatable bonds is 7. The van der Waals surface area contributed by atoms with E-state index in [0.29, 0.717) is 18.8 Å². The van der Waals surface area contributed by atoms with Gasteiger partial charge in [0.25, 0.3) is 0 Å². The largest absolute Gasteiger partial charge is 0.481 e. The molecule has 0 aromatic heterocycles. The van der Waals surface area contributed by atoms with Crippen molar-refractivity contribution >= 4 is 11.9 Å². The van der Waals surface area contributed by atoms with Crippen molar-refractivity contribution in [1.82, 2.24) is 0 Å². The van der Waals surface area contributed by atoms with Gasteiger partial charge in [-0.2, -0.15) is 0 Å². The Balaban J connectivity index is 1.11. The second kappa shape index (κ2) is 14.0. The normalized spacial score (nSPS) is 51.4. The molecule has 7 rings (SSSR count). The first-order valence-corrected chi connectivity index (χ1v) is 20.6. The summed E-state index contributed by atoms with van der Waals surface area (Å²) >= 11 is 0. The number of hydrogen-bond donors (Lipinski definition) is 6. The summed E-state index contributed by atoms with van der Waals surface area (Å²) in [5.74, 6) is -0.851. The van der Waals surface area contributed by atoms with Gasteiger partial charge in [-0.05, 0) is 109 Å². The van der Waals surface area contributed by atoms with Crippen LogP contribution in [0.15, 0.2) is 11.6 Å². The van der Waals surface area contributed by atoms with Crippen LogP contribution in [-0.4, -0.2) is 118 Å². The van der Waals surface area contributed by atoms with Gasteiger partial charge in [0, 0.05) is 0 Å². The molecule has 0 spiro atoms. The Hall–Kier alpha value is -1.68. The highest BCUT2D eigenvalue weighted by Crippen LogP contribution is 2.76. The molecular formula is C42H66O13.